The molecule has 0 atom stereocenters. The topological polar surface area (TPSA) is 116 Å². The molecule has 0 aliphatic carbocycles. The van der Waals surface area contributed by atoms with Gasteiger partial charge in [0.1, 0.15) is 11.4 Å². The van der Waals surface area contributed by atoms with Crippen molar-refractivity contribution in [3.05, 3.63) is 52.1 Å². The van der Waals surface area contributed by atoms with E-state index < -0.39 is 4.92 Å². The Bertz CT molecular complexity index is 657. The van der Waals surface area contributed by atoms with Crippen LogP contribution in [0.2, 0.25) is 0 Å². The van der Waals surface area contributed by atoms with Crippen LogP contribution in [0.3, 0.4) is 0 Å². The normalized spacial score (nSPS) is 10.2. The highest BCUT2D eigenvalue weighted by Crippen LogP contribution is 2.29. The largest absolute Gasteiger partial charge is 0.508 e. The van der Waals surface area contributed by atoms with Crippen LogP contribution >= 0.6 is 0 Å². The van der Waals surface area contributed by atoms with Crippen LogP contribution in [0, 0.1) is 10.1 Å². The minimum Gasteiger partial charge on any atom is -0.508 e. The summed E-state index contributed by atoms with van der Waals surface area (Å²) in [6.45, 7) is 0.222. The summed E-state index contributed by atoms with van der Waals surface area (Å²) in [5, 5.41) is 41.5. The zero-order valence-corrected chi connectivity index (χ0v) is 10.3. The number of aromatic hydroxyl groups is 3. The summed E-state index contributed by atoms with van der Waals surface area (Å²) in [5.41, 5.74) is 0.649. The average molecular weight is 276 g/mol. The minimum absolute atomic E-state index is 0.190. The van der Waals surface area contributed by atoms with E-state index in [9.17, 15) is 25.4 Å². The molecule has 0 aliphatic rings. The van der Waals surface area contributed by atoms with Gasteiger partial charge in [-0.05, 0) is 29.8 Å². The molecule has 0 unspecified atom stereocenters. The molecule has 0 spiro atoms. The van der Waals surface area contributed by atoms with E-state index in [4.69, 9.17) is 0 Å². The number of phenolic OH excluding ortho intramolecular Hbond substituents is 3. The molecule has 0 bridgehead atoms. The number of benzene rings is 2. The van der Waals surface area contributed by atoms with Crippen LogP contribution in [0.25, 0.3) is 0 Å². The molecule has 2 aromatic rings. The highest BCUT2D eigenvalue weighted by molar-refractivity contribution is 5.63. The molecule has 2 rings (SSSR count). The fraction of sp³-hybridized carbons (Fsp3) is 0.0769. The lowest BCUT2D eigenvalue weighted by Gasteiger charge is -2.08. The molecule has 104 valence electrons. The molecule has 0 amide bonds. The maximum Gasteiger partial charge on any atom is 0.296 e. The molecule has 2 aromatic carbocycles. The number of rotatable bonds is 4. The number of nitro benzene ring substituents is 1. The summed E-state index contributed by atoms with van der Waals surface area (Å²) < 4.78 is 0. The third kappa shape index (κ3) is 2.89. The Hall–Kier alpha value is -2.96. The van der Waals surface area contributed by atoms with Crippen molar-refractivity contribution in [1.29, 1.82) is 0 Å². The lowest BCUT2D eigenvalue weighted by Crippen LogP contribution is -2.02. The molecule has 7 nitrogen and oxygen atoms in total. The van der Waals surface area contributed by atoms with Crippen LogP contribution in [0.1, 0.15) is 5.56 Å². The van der Waals surface area contributed by atoms with Crippen molar-refractivity contribution in [2.75, 3.05) is 5.32 Å². The summed E-state index contributed by atoms with van der Waals surface area (Å²) in [7, 11) is 0. The van der Waals surface area contributed by atoms with Crippen molar-refractivity contribution < 1.29 is 20.2 Å². The zero-order chi connectivity index (χ0) is 14.7. The highest BCUT2D eigenvalue weighted by atomic mass is 16.6. The molecule has 0 heterocycles. The van der Waals surface area contributed by atoms with Gasteiger partial charge >= 0.3 is 0 Å². The second kappa shape index (κ2) is 5.35. The lowest BCUT2D eigenvalue weighted by atomic mass is 10.2. The Morgan fingerprint density at radius 2 is 1.80 bits per heavy atom. The van der Waals surface area contributed by atoms with Crippen molar-refractivity contribution in [2.24, 2.45) is 0 Å². The van der Waals surface area contributed by atoms with E-state index in [1.165, 1.54) is 24.3 Å². The molecule has 0 aromatic heterocycles. The number of nitro groups is 1. The smallest absolute Gasteiger partial charge is 0.296 e. The van der Waals surface area contributed by atoms with Crippen molar-refractivity contribution >= 4 is 11.4 Å². The third-order valence-electron chi connectivity index (χ3n) is 2.70. The van der Waals surface area contributed by atoms with Crippen molar-refractivity contribution in [3.63, 3.8) is 0 Å². The molecule has 0 aliphatic heterocycles. The molecular formula is C13H12N2O5. The summed E-state index contributed by atoms with van der Waals surface area (Å²) in [6.07, 6.45) is 0. The van der Waals surface area contributed by atoms with Crippen LogP contribution in [-0.2, 0) is 6.54 Å². The highest BCUT2D eigenvalue weighted by Gasteiger charge is 2.14. The van der Waals surface area contributed by atoms with E-state index in [2.05, 4.69) is 5.32 Å². The fourth-order valence-electron chi connectivity index (χ4n) is 1.70. The number of phenols is 3. The molecule has 0 fully saturated rings. The molecule has 0 saturated heterocycles. The lowest BCUT2D eigenvalue weighted by molar-refractivity contribution is -0.384. The average Bonchev–Trinajstić information content (AvgIpc) is 2.41. The first-order valence-corrected chi connectivity index (χ1v) is 5.69. The van der Waals surface area contributed by atoms with Crippen LogP contribution < -0.4 is 5.32 Å². The molecule has 0 saturated carbocycles. The number of anilines is 1. The van der Waals surface area contributed by atoms with E-state index in [-0.39, 0.29) is 35.2 Å². The maximum absolute atomic E-state index is 10.9. The van der Waals surface area contributed by atoms with Gasteiger partial charge in [0.25, 0.3) is 5.69 Å². The van der Waals surface area contributed by atoms with E-state index >= 15 is 0 Å². The number of nitrogens with one attached hydrogen (secondary N) is 1. The van der Waals surface area contributed by atoms with Gasteiger partial charge in [-0.25, -0.2) is 0 Å². The van der Waals surface area contributed by atoms with Crippen LogP contribution in [-0.4, -0.2) is 20.2 Å². The van der Waals surface area contributed by atoms with Crippen LogP contribution in [0.4, 0.5) is 11.4 Å². The van der Waals surface area contributed by atoms with Crippen molar-refractivity contribution in [1.82, 2.24) is 0 Å². The standard InChI is InChI=1S/C13H12N2O5/c16-9-2-3-10(11(6-9)15(19)20)14-7-8-1-4-12(17)13(18)5-8/h1-6,14,16-18H,7H2. The van der Waals surface area contributed by atoms with Gasteiger partial charge in [0.05, 0.1) is 11.0 Å². The van der Waals surface area contributed by atoms with E-state index in [1.54, 1.807) is 6.07 Å². The Labute approximate surface area is 113 Å². The SMILES string of the molecule is O=[N+]([O-])c1cc(O)ccc1NCc1ccc(O)c(O)c1. The summed E-state index contributed by atoms with van der Waals surface area (Å²) in [6, 6.07) is 8.05. The number of hydrogen-bond acceptors (Lipinski definition) is 6. The summed E-state index contributed by atoms with van der Waals surface area (Å²) >= 11 is 0. The zero-order valence-electron chi connectivity index (χ0n) is 10.3. The van der Waals surface area contributed by atoms with Gasteiger partial charge in [-0.1, -0.05) is 6.07 Å². The van der Waals surface area contributed by atoms with Gasteiger partial charge < -0.3 is 20.6 Å². The second-order valence-electron chi connectivity index (χ2n) is 4.14. The molecule has 4 N–H and O–H groups in total. The van der Waals surface area contributed by atoms with Gasteiger partial charge in [0.2, 0.25) is 0 Å². The monoisotopic (exact) mass is 276 g/mol. The van der Waals surface area contributed by atoms with Crippen LogP contribution in [0.15, 0.2) is 36.4 Å². The van der Waals surface area contributed by atoms with Gasteiger partial charge in [-0.2, -0.15) is 0 Å². The van der Waals surface area contributed by atoms with Gasteiger partial charge in [-0.3, -0.25) is 10.1 Å². The molecule has 7 heteroatoms. The number of nitrogens with zero attached hydrogens (tertiary/aromatic N) is 1. The molecular weight excluding hydrogens is 264 g/mol. The van der Waals surface area contributed by atoms with Crippen LogP contribution in [0.5, 0.6) is 17.2 Å². The third-order valence-corrected chi connectivity index (χ3v) is 2.70. The van der Waals surface area contributed by atoms with E-state index in [0.29, 0.717) is 5.56 Å². The first-order valence-electron chi connectivity index (χ1n) is 5.69. The van der Waals surface area contributed by atoms with Crippen molar-refractivity contribution in [3.8, 4) is 17.2 Å². The Morgan fingerprint density at radius 1 is 1.05 bits per heavy atom. The maximum atomic E-state index is 10.9. The quantitative estimate of drug-likeness (QED) is 0.295. The second-order valence-corrected chi connectivity index (χ2v) is 4.14. The summed E-state index contributed by atoms with van der Waals surface area (Å²) in [4.78, 5) is 10.3. The van der Waals surface area contributed by atoms with E-state index in [0.717, 1.165) is 6.07 Å². The first kappa shape index (κ1) is 13.5. The van der Waals surface area contributed by atoms with Crippen molar-refractivity contribution in [2.45, 2.75) is 6.54 Å². The van der Waals surface area contributed by atoms with Gasteiger partial charge in [-0.15, -0.1) is 0 Å². The molecule has 20 heavy (non-hydrogen) atoms. The predicted octanol–water partition coefficient (Wildman–Crippen LogP) is 2.32. The first-order chi connectivity index (χ1) is 9.47. The predicted molar refractivity (Wildman–Crippen MR) is 71.9 cm³/mol. The van der Waals surface area contributed by atoms with E-state index in [1.807, 2.05) is 0 Å². The Kier molecular flexibility index (Phi) is 3.60. The number of hydrogen-bond donors (Lipinski definition) is 4. The van der Waals surface area contributed by atoms with Gasteiger partial charge in [0.15, 0.2) is 11.5 Å². The van der Waals surface area contributed by atoms with Gasteiger partial charge in [0, 0.05) is 6.54 Å². The Balaban J connectivity index is 2.18. The summed E-state index contributed by atoms with van der Waals surface area (Å²) in [5.74, 6) is -0.682. The molecule has 0 radical (unpaired) electrons. The fourth-order valence-corrected chi connectivity index (χ4v) is 1.70. The Morgan fingerprint density at radius 3 is 2.45 bits per heavy atom. The minimum atomic E-state index is -0.601.